The van der Waals surface area contributed by atoms with E-state index in [1.807, 2.05) is 54.6 Å². The average Bonchev–Trinajstić information content (AvgIpc) is 3.17. The number of rotatable bonds is 8. The molecule has 34 heavy (non-hydrogen) atoms. The molecule has 8 heteroatoms. The fourth-order valence-corrected chi connectivity index (χ4v) is 5.32. The van der Waals surface area contributed by atoms with Crippen LogP contribution in [0.3, 0.4) is 0 Å². The minimum absolute atomic E-state index is 0.109. The molecule has 3 aromatic carbocycles. The Morgan fingerprint density at radius 2 is 1.82 bits per heavy atom. The Hall–Kier alpha value is -2.17. The standard InChI is InChI=1S/C26H24BrIN2O3S/c1-3-16-6-10-20(11-7-16)29-26-30-25(31)23(34-26)14-18-12-21(27)24(22(13-18)32-2)33-15-17-4-8-19(28)9-5-17/h4-14,26,29H,3,15H2,1-2H3,(H,30,31)/b23-14-/t26-/m1/s1. The van der Waals surface area contributed by atoms with Crippen LogP contribution in [0.15, 0.2) is 70.0 Å². The van der Waals surface area contributed by atoms with Gasteiger partial charge in [0.1, 0.15) is 6.61 Å². The molecule has 1 aliphatic heterocycles. The highest BCUT2D eigenvalue weighted by atomic mass is 127. The van der Waals surface area contributed by atoms with Gasteiger partial charge < -0.3 is 20.1 Å². The summed E-state index contributed by atoms with van der Waals surface area (Å²) in [5.74, 6) is 1.12. The molecular formula is C26H24BrIN2O3S. The Labute approximate surface area is 226 Å². The zero-order valence-corrected chi connectivity index (χ0v) is 23.3. The molecule has 1 fully saturated rings. The Kier molecular flexibility index (Phi) is 8.44. The number of methoxy groups -OCH3 is 1. The van der Waals surface area contributed by atoms with Crippen molar-refractivity contribution in [2.75, 3.05) is 12.4 Å². The van der Waals surface area contributed by atoms with Crippen LogP contribution >= 0.6 is 50.3 Å². The topological polar surface area (TPSA) is 59.6 Å². The number of thioether (sulfide) groups is 1. The molecule has 1 saturated heterocycles. The van der Waals surface area contributed by atoms with Gasteiger partial charge in [-0.15, -0.1) is 0 Å². The number of hydrogen-bond donors (Lipinski definition) is 2. The van der Waals surface area contributed by atoms with Crippen molar-refractivity contribution in [3.8, 4) is 11.5 Å². The van der Waals surface area contributed by atoms with E-state index in [0.717, 1.165) is 27.7 Å². The van der Waals surface area contributed by atoms with Crippen molar-refractivity contribution >= 4 is 68.0 Å². The quantitative estimate of drug-likeness (QED) is 0.207. The second kappa shape index (κ2) is 11.5. The number of anilines is 1. The van der Waals surface area contributed by atoms with Crippen molar-refractivity contribution in [2.24, 2.45) is 0 Å². The minimum Gasteiger partial charge on any atom is -0.493 e. The Morgan fingerprint density at radius 3 is 2.50 bits per heavy atom. The Bertz CT molecular complexity index is 1200. The molecule has 0 spiro atoms. The van der Waals surface area contributed by atoms with Crippen LogP contribution < -0.4 is 20.1 Å². The summed E-state index contributed by atoms with van der Waals surface area (Å²) in [6, 6.07) is 20.2. The van der Waals surface area contributed by atoms with Gasteiger partial charge in [-0.25, -0.2) is 0 Å². The monoisotopic (exact) mass is 650 g/mol. The molecule has 3 aromatic rings. The van der Waals surface area contributed by atoms with E-state index >= 15 is 0 Å². The first-order valence-corrected chi connectivity index (χ1v) is 13.5. The summed E-state index contributed by atoms with van der Waals surface area (Å²) >= 11 is 7.33. The fraction of sp³-hybridized carbons (Fsp3) is 0.192. The summed E-state index contributed by atoms with van der Waals surface area (Å²) in [5, 5.41) is 6.33. The largest absolute Gasteiger partial charge is 0.493 e. The average molecular weight is 651 g/mol. The van der Waals surface area contributed by atoms with E-state index in [1.165, 1.54) is 20.9 Å². The number of ether oxygens (including phenoxy) is 2. The minimum atomic E-state index is -0.229. The first kappa shape index (κ1) is 24.9. The van der Waals surface area contributed by atoms with E-state index < -0.39 is 0 Å². The molecule has 1 aliphatic rings. The summed E-state index contributed by atoms with van der Waals surface area (Å²) in [4.78, 5) is 13.2. The number of benzene rings is 3. The lowest BCUT2D eigenvalue weighted by molar-refractivity contribution is -0.116. The van der Waals surface area contributed by atoms with Gasteiger partial charge in [0.05, 0.1) is 16.5 Å². The van der Waals surface area contributed by atoms with Gasteiger partial charge in [0, 0.05) is 9.26 Å². The molecule has 1 atom stereocenters. The van der Waals surface area contributed by atoms with Crippen LogP contribution in [-0.2, 0) is 17.8 Å². The third kappa shape index (κ3) is 6.28. The number of hydrogen-bond acceptors (Lipinski definition) is 5. The van der Waals surface area contributed by atoms with Crippen molar-refractivity contribution in [3.05, 3.63) is 90.3 Å². The number of nitrogens with one attached hydrogen (secondary N) is 2. The predicted molar refractivity (Wildman–Crippen MR) is 151 cm³/mol. The van der Waals surface area contributed by atoms with Crippen molar-refractivity contribution in [2.45, 2.75) is 25.4 Å². The van der Waals surface area contributed by atoms with E-state index in [0.29, 0.717) is 23.0 Å². The van der Waals surface area contributed by atoms with Gasteiger partial charge in [0.25, 0.3) is 5.91 Å². The van der Waals surface area contributed by atoms with Crippen LogP contribution in [0.2, 0.25) is 0 Å². The van der Waals surface area contributed by atoms with Gasteiger partial charge in [0.2, 0.25) is 0 Å². The van der Waals surface area contributed by atoms with Crippen LogP contribution in [0.25, 0.3) is 6.08 Å². The Morgan fingerprint density at radius 1 is 1.12 bits per heavy atom. The van der Waals surface area contributed by atoms with Gasteiger partial charge in [-0.1, -0.05) is 43.0 Å². The van der Waals surface area contributed by atoms with Gasteiger partial charge in [-0.05, 0) is 104 Å². The molecule has 5 nitrogen and oxygen atoms in total. The molecule has 0 aliphatic carbocycles. The van der Waals surface area contributed by atoms with Crippen molar-refractivity contribution < 1.29 is 14.3 Å². The number of halogens is 2. The van der Waals surface area contributed by atoms with Crippen molar-refractivity contribution in [1.29, 1.82) is 0 Å². The summed E-state index contributed by atoms with van der Waals surface area (Å²) < 4.78 is 13.6. The molecule has 0 bridgehead atoms. The molecular weight excluding hydrogens is 627 g/mol. The van der Waals surface area contributed by atoms with Gasteiger partial charge >= 0.3 is 0 Å². The van der Waals surface area contributed by atoms with E-state index in [1.54, 1.807) is 7.11 Å². The van der Waals surface area contributed by atoms with Crippen LogP contribution in [0.1, 0.15) is 23.6 Å². The lowest BCUT2D eigenvalue weighted by Crippen LogP contribution is -2.30. The molecule has 0 radical (unpaired) electrons. The number of carbonyl (C=O) groups excluding carboxylic acids is 1. The number of amides is 1. The summed E-state index contributed by atoms with van der Waals surface area (Å²) in [5.41, 5.74) is 3.93. The fourth-order valence-electron chi connectivity index (χ4n) is 3.40. The summed E-state index contributed by atoms with van der Waals surface area (Å²) in [6.45, 7) is 2.56. The Balaban J connectivity index is 1.46. The lowest BCUT2D eigenvalue weighted by atomic mass is 10.1. The number of carbonyl (C=O) groups is 1. The van der Waals surface area contributed by atoms with Crippen molar-refractivity contribution in [1.82, 2.24) is 5.32 Å². The van der Waals surface area contributed by atoms with Crippen molar-refractivity contribution in [3.63, 3.8) is 0 Å². The SMILES string of the molecule is CCc1ccc(N[C@@H]2NC(=O)/C(=C/c3cc(Br)c(OCc4ccc(I)cc4)c(OC)c3)S2)cc1. The van der Waals surface area contributed by atoms with Gasteiger partial charge in [-0.3, -0.25) is 4.79 Å². The molecule has 0 saturated carbocycles. The summed E-state index contributed by atoms with van der Waals surface area (Å²) in [6.07, 6.45) is 2.86. The lowest BCUT2D eigenvalue weighted by Gasteiger charge is -2.14. The van der Waals surface area contributed by atoms with E-state index in [2.05, 4.69) is 68.2 Å². The third-order valence-corrected chi connectivity index (χ3v) is 7.57. The number of aryl methyl sites for hydroxylation is 1. The van der Waals surface area contributed by atoms with Crippen LogP contribution in [0.5, 0.6) is 11.5 Å². The van der Waals surface area contributed by atoms with E-state index in [9.17, 15) is 4.79 Å². The maximum atomic E-state index is 12.6. The molecule has 1 amide bonds. The molecule has 1 heterocycles. The van der Waals surface area contributed by atoms with E-state index in [-0.39, 0.29) is 11.4 Å². The van der Waals surface area contributed by atoms with E-state index in [4.69, 9.17) is 9.47 Å². The summed E-state index contributed by atoms with van der Waals surface area (Å²) in [7, 11) is 1.61. The maximum Gasteiger partial charge on any atom is 0.260 e. The highest BCUT2D eigenvalue weighted by Gasteiger charge is 2.27. The first-order valence-electron chi connectivity index (χ1n) is 10.7. The second-order valence-electron chi connectivity index (χ2n) is 7.62. The maximum absolute atomic E-state index is 12.6. The predicted octanol–water partition coefficient (Wildman–Crippen LogP) is 6.80. The smallest absolute Gasteiger partial charge is 0.260 e. The van der Waals surface area contributed by atoms with Crippen LogP contribution in [-0.4, -0.2) is 18.5 Å². The highest BCUT2D eigenvalue weighted by Crippen LogP contribution is 2.39. The molecule has 176 valence electrons. The molecule has 2 N–H and O–H groups in total. The second-order valence-corrected chi connectivity index (χ2v) is 10.9. The normalized spacial score (nSPS) is 16.4. The van der Waals surface area contributed by atoms with Gasteiger partial charge in [-0.2, -0.15) is 0 Å². The van der Waals surface area contributed by atoms with Gasteiger partial charge in [0.15, 0.2) is 17.0 Å². The van der Waals surface area contributed by atoms with Crippen LogP contribution in [0, 0.1) is 3.57 Å². The zero-order chi connectivity index (χ0) is 24.1. The third-order valence-electron chi connectivity index (χ3n) is 5.24. The zero-order valence-electron chi connectivity index (χ0n) is 18.7. The molecule has 4 rings (SSSR count). The first-order chi connectivity index (χ1) is 16.4. The molecule has 0 aromatic heterocycles. The highest BCUT2D eigenvalue weighted by molar-refractivity contribution is 14.1. The molecule has 0 unspecified atom stereocenters. The van der Waals surface area contributed by atoms with Crippen LogP contribution in [0.4, 0.5) is 5.69 Å².